The van der Waals surface area contributed by atoms with E-state index in [0.717, 1.165) is 51.5 Å². The van der Waals surface area contributed by atoms with Crippen molar-refractivity contribution in [3.63, 3.8) is 0 Å². The molecule has 4 nitrogen and oxygen atoms in total. The van der Waals surface area contributed by atoms with Crippen LogP contribution in [0.15, 0.2) is 0 Å². The fourth-order valence-electron chi connectivity index (χ4n) is 3.02. The molecule has 2 rings (SSSR count). The molecule has 1 heterocycles. The van der Waals surface area contributed by atoms with Gasteiger partial charge in [-0.25, -0.2) is 0 Å². The summed E-state index contributed by atoms with van der Waals surface area (Å²) in [5.41, 5.74) is -0.360. The van der Waals surface area contributed by atoms with Gasteiger partial charge >= 0.3 is 0 Å². The summed E-state index contributed by atoms with van der Waals surface area (Å²) in [6.07, 6.45) is 6.82. The lowest BCUT2D eigenvalue weighted by Crippen LogP contribution is -2.52. The highest BCUT2D eigenvalue weighted by Crippen LogP contribution is 2.39. The molecule has 0 aromatic heterocycles. The molecule has 1 saturated carbocycles. The van der Waals surface area contributed by atoms with Gasteiger partial charge in [0.25, 0.3) is 0 Å². The number of rotatable bonds is 3. The van der Waals surface area contributed by atoms with Crippen molar-refractivity contribution in [2.45, 2.75) is 70.4 Å². The summed E-state index contributed by atoms with van der Waals surface area (Å²) in [6.45, 7) is 5.82. The lowest BCUT2D eigenvalue weighted by Gasteiger charge is -2.40. The Balaban J connectivity index is 1.76. The molecule has 1 atom stereocenters. The zero-order valence-electron chi connectivity index (χ0n) is 12.3. The molecule has 2 aliphatic rings. The molecule has 1 saturated heterocycles. The van der Waals surface area contributed by atoms with Crippen molar-refractivity contribution in [3.05, 3.63) is 0 Å². The van der Waals surface area contributed by atoms with Crippen molar-refractivity contribution >= 4 is 5.91 Å². The number of hydrogen-bond donors (Lipinski definition) is 3. The second kappa shape index (κ2) is 5.80. The highest BCUT2D eigenvalue weighted by atomic mass is 16.3. The number of hydrogen-bond acceptors (Lipinski definition) is 3. The minimum absolute atomic E-state index is 0.0537. The molecule has 0 radical (unpaired) electrons. The second-order valence-electron chi connectivity index (χ2n) is 7.11. The Hall–Kier alpha value is -0.610. The van der Waals surface area contributed by atoms with Crippen LogP contribution in [-0.2, 0) is 4.79 Å². The first-order valence-electron chi connectivity index (χ1n) is 7.64. The van der Waals surface area contributed by atoms with E-state index in [1.165, 1.54) is 0 Å². The molecular weight excluding hydrogens is 240 g/mol. The second-order valence-corrected chi connectivity index (χ2v) is 7.11. The maximum absolute atomic E-state index is 12.0. The minimum Gasteiger partial charge on any atom is -0.388 e. The van der Waals surface area contributed by atoms with Gasteiger partial charge in [0.15, 0.2) is 0 Å². The molecule has 4 heteroatoms. The fraction of sp³-hybridized carbons (Fsp3) is 0.933. The van der Waals surface area contributed by atoms with Crippen LogP contribution in [0.3, 0.4) is 0 Å². The predicted octanol–water partition coefficient (Wildman–Crippen LogP) is 1.58. The molecule has 1 aliphatic heterocycles. The van der Waals surface area contributed by atoms with Crippen molar-refractivity contribution < 1.29 is 9.90 Å². The highest BCUT2D eigenvalue weighted by Gasteiger charge is 2.37. The van der Waals surface area contributed by atoms with Crippen LogP contribution in [0.4, 0.5) is 0 Å². The van der Waals surface area contributed by atoms with Gasteiger partial charge in [0.05, 0.1) is 11.6 Å². The van der Waals surface area contributed by atoms with Gasteiger partial charge in [-0.1, -0.05) is 20.3 Å². The van der Waals surface area contributed by atoms with Crippen LogP contribution in [-0.4, -0.2) is 35.7 Å². The van der Waals surface area contributed by atoms with Crippen molar-refractivity contribution in [1.29, 1.82) is 0 Å². The zero-order chi connectivity index (χ0) is 13.9. The Morgan fingerprint density at radius 3 is 2.53 bits per heavy atom. The van der Waals surface area contributed by atoms with Crippen molar-refractivity contribution in [2.24, 2.45) is 5.41 Å². The highest BCUT2D eigenvalue weighted by molar-refractivity contribution is 5.81. The average molecular weight is 268 g/mol. The van der Waals surface area contributed by atoms with Gasteiger partial charge < -0.3 is 15.7 Å². The summed E-state index contributed by atoms with van der Waals surface area (Å²) >= 11 is 0. The third-order valence-electron chi connectivity index (χ3n) is 4.75. The molecule has 3 N–H and O–H groups in total. The molecule has 19 heavy (non-hydrogen) atoms. The Kier molecular flexibility index (Phi) is 4.51. The van der Waals surface area contributed by atoms with Crippen LogP contribution < -0.4 is 10.6 Å². The Bertz CT molecular complexity index is 312. The molecule has 110 valence electrons. The smallest absolute Gasteiger partial charge is 0.237 e. The van der Waals surface area contributed by atoms with E-state index in [1.807, 2.05) is 0 Å². The zero-order valence-corrected chi connectivity index (χ0v) is 12.3. The number of amides is 1. The maximum atomic E-state index is 12.0. The number of aliphatic hydroxyl groups is 1. The van der Waals surface area contributed by atoms with Crippen molar-refractivity contribution in [1.82, 2.24) is 10.6 Å². The summed E-state index contributed by atoms with van der Waals surface area (Å²) in [5, 5.41) is 16.7. The van der Waals surface area contributed by atoms with Crippen LogP contribution in [0.2, 0.25) is 0 Å². The van der Waals surface area contributed by atoms with E-state index in [9.17, 15) is 9.90 Å². The van der Waals surface area contributed by atoms with E-state index in [0.29, 0.717) is 12.0 Å². The van der Waals surface area contributed by atoms with Crippen molar-refractivity contribution in [2.75, 3.05) is 13.1 Å². The van der Waals surface area contributed by atoms with Crippen LogP contribution in [0.25, 0.3) is 0 Å². The molecular formula is C15H28N2O2. The van der Waals surface area contributed by atoms with E-state index in [-0.39, 0.29) is 11.9 Å². The molecule has 1 aliphatic carbocycles. The number of carbonyl (C=O) groups excluding carboxylic acids is 1. The van der Waals surface area contributed by atoms with Gasteiger partial charge in [-0.2, -0.15) is 0 Å². The third kappa shape index (κ3) is 4.18. The van der Waals surface area contributed by atoms with Gasteiger partial charge in [0.2, 0.25) is 5.91 Å². The average Bonchev–Trinajstić information content (AvgIpc) is 2.41. The van der Waals surface area contributed by atoms with Crippen LogP contribution in [0, 0.1) is 5.41 Å². The molecule has 2 fully saturated rings. The van der Waals surface area contributed by atoms with E-state index < -0.39 is 5.60 Å². The molecule has 0 aromatic carbocycles. The Morgan fingerprint density at radius 2 is 1.95 bits per heavy atom. The van der Waals surface area contributed by atoms with Crippen LogP contribution in [0.1, 0.15) is 58.8 Å². The monoisotopic (exact) mass is 268 g/mol. The molecule has 1 amide bonds. The predicted molar refractivity (Wildman–Crippen MR) is 75.9 cm³/mol. The largest absolute Gasteiger partial charge is 0.388 e. The van der Waals surface area contributed by atoms with E-state index >= 15 is 0 Å². The summed E-state index contributed by atoms with van der Waals surface area (Å²) in [5.74, 6) is 0.0537. The van der Waals surface area contributed by atoms with Gasteiger partial charge in [0.1, 0.15) is 0 Å². The van der Waals surface area contributed by atoms with Crippen LogP contribution in [0.5, 0.6) is 0 Å². The Labute approximate surface area is 116 Å². The maximum Gasteiger partial charge on any atom is 0.237 e. The van der Waals surface area contributed by atoms with E-state index in [2.05, 4.69) is 24.5 Å². The first kappa shape index (κ1) is 14.8. The van der Waals surface area contributed by atoms with Gasteiger partial charge in [-0.15, -0.1) is 0 Å². The van der Waals surface area contributed by atoms with E-state index in [1.54, 1.807) is 0 Å². The lowest BCUT2D eigenvalue weighted by atomic mass is 9.71. The topological polar surface area (TPSA) is 61.4 Å². The quantitative estimate of drug-likeness (QED) is 0.728. The van der Waals surface area contributed by atoms with E-state index in [4.69, 9.17) is 0 Å². The standard InChI is InChI=1S/C15H28N2O2/c1-14(2)6-8-15(19,9-7-14)11-17-13(18)12-5-3-4-10-16-12/h12,16,19H,3-11H2,1-2H3,(H,17,18). The normalized spacial score (nSPS) is 29.7. The molecule has 0 bridgehead atoms. The molecule has 0 spiro atoms. The summed E-state index contributed by atoms with van der Waals surface area (Å²) < 4.78 is 0. The van der Waals surface area contributed by atoms with Gasteiger partial charge in [0, 0.05) is 6.54 Å². The van der Waals surface area contributed by atoms with Crippen LogP contribution >= 0.6 is 0 Å². The number of nitrogens with one attached hydrogen (secondary N) is 2. The fourth-order valence-corrected chi connectivity index (χ4v) is 3.02. The SMILES string of the molecule is CC1(C)CCC(O)(CNC(=O)C2CCCCN2)CC1. The van der Waals surface area contributed by atoms with Gasteiger partial charge in [-0.3, -0.25) is 4.79 Å². The summed E-state index contributed by atoms with van der Waals surface area (Å²) in [4.78, 5) is 12.0. The van der Waals surface area contributed by atoms with Gasteiger partial charge in [-0.05, 0) is 50.5 Å². The molecule has 1 unspecified atom stereocenters. The summed E-state index contributed by atoms with van der Waals surface area (Å²) in [6, 6.07) is -0.0580. The number of carbonyl (C=O) groups is 1. The molecule has 0 aromatic rings. The third-order valence-corrected chi connectivity index (χ3v) is 4.75. The van der Waals surface area contributed by atoms with Crippen molar-refractivity contribution in [3.8, 4) is 0 Å². The summed E-state index contributed by atoms with van der Waals surface area (Å²) in [7, 11) is 0. The number of piperidine rings is 1. The Morgan fingerprint density at radius 1 is 1.26 bits per heavy atom. The lowest BCUT2D eigenvalue weighted by molar-refractivity contribution is -0.125. The first-order chi connectivity index (χ1) is 8.90. The first-order valence-corrected chi connectivity index (χ1v) is 7.64. The minimum atomic E-state index is -0.695.